The summed E-state index contributed by atoms with van der Waals surface area (Å²) in [6, 6.07) is 0. The number of nitrogens with two attached hydrogens (primary N) is 1. The van der Waals surface area contributed by atoms with Gasteiger partial charge in [-0.3, -0.25) is 9.59 Å². The van der Waals surface area contributed by atoms with Gasteiger partial charge in [0.25, 0.3) is 0 Å². The minimum Gasteiger partial charge on any atom is -0.481 e. The lowest BCUT2D eigenvalue weighted by Gasteiger charge is -2.07. The Hall–Kier alpha value is -1.14. The molecule has 0 aliphatic heterocycles. The highest BCUT2D eigenvalue weighted by molar-refractivity contribution is 5.77. The van der Waals surface area contributed by atoms with E-state index < -0.39 is 12.1 Å². The van der Waals surface area contributed by atoms with Crippen molar-refractivity contribution < 1.29 is 19.8 Å². The molecule has 0 aliphatic rings. The molecule has 6 heteroatoms. The molecule has 13 heavy (non-hydrogen) atoms. The predicted molar refractivity (Wildman–Crippen MR) is 44.9 cm³/mol. The highest BCUT2D eigenvalue weighted by Crippen LogP contribution is 1.88. The first-order chi connectivity index (χ1) is 6.06. The van der Waals surface area contributed by atoms with Gasteiger partial charge < -0.3 is 21.3 Å². The molecule has 5 N–H and O–H groups in total. The third-order valence-corrected chi connectivity index (χ3v) is 1.35. The largest absolute Gasteiger partial charge is 0.481 e. The molecule has 1 amide bonds. The van der Waals surface area contributed by atoms with Gasteiger partial charge in [0.05, 0.1) is 18.9 Å². The monoisotopic (exact) mass is 190 g/mol. The Balaban J connectivity index is 3.46. The molecule has 76 valence electrons. The van der Waals surface area contributed by atoms with Gasteiger partial charge in [-0.2, -0.15) is 0 Å². The van der Waals surface area contributed by atoms with Crippen LogP contribution in [0.3, 0.4) is 0 Å². The normalized spacial score (nSPS) is 12.2. The summed E-state index contributed by atoms with van der Waals surface area (Å²) in [6.45, 7) is 0.0950. The molecule has 0 saturated carbocycles. The Morgan fingerprint density at radius 3 is 2.54 bits per heavy atom. The fraction of sp³-hybridized carbons (Fsp3) is 0.714. The van der Waals surface area contributed by atoms with E-state index in [4.69, 9.17) is 15.9 Å². The van der Waals surface area contributed by atoms with E-state index in [1.807, 2.05) is 0 Å². The summed E-state index contributed by atoms with van der Waals surface area (Å²) in [5.41, 5.74) is 5.07. The van der Waals surface area contributed by atoms with E-state index in [1.165, 1.54) is 0 Å². The third-order valence-electron chi connectivity index (χ3n) is 1.35. The minimum absolute atomic E-state index is 0.0202. The molecule has 6 nitrogen and oxygen atoms in total. The second-order valence-corrected chi connectivity index (χ2v) is 2.59. The Morgan fingerprint density at radius 1 is 1.46 bits per heavy atom. The summed E-state index contributed by atoms with van der Waals surface area (Å²) in [4.78, 5) is 20.9. The first-order valence-corrected chi connectivity index (χ1v) is 3.93. The van der Waals surface area contributed by atoms with Crippen LogP contribution in [0.15, 0.2) is 0 Å². The summed E-state index contributed by atoms with van der Waals surface area (Å²) in [7, 11) is 0. The summed E-state index contributed by atoms with van der Waals surface area (Å²) in [5.74, 6) is -1.36. The highest BCUT2D eigenvalue weighted by atomic mass is 16.4. The molecule has 0 fully saturated rings. The standard InChI is InChI=1S/C7H14N2O4/c8-4-5(10)3-6(11)9-2-1-7(12)13/h5,10H,1-4,8H2,(H,9,11)(H,12,13)/t5-/m0/s1. The van der Waals surface area contributed by atoms with Crippen LogP contribution in [-0.2, 0) is 9.59 Å². The molecule has 0 rings (SSSR count). The van der Waals surface area contributed by atoms with Gasteiger partial charge >= 0.3 is 5.97 Å². The molecule has 1 atom stereocenters. The number of aliphatic hydroxyl groups excluding tert-OH is 1. The number of amides is 1. The number of rotatable bonds is 6. The van der Waals surface area contributed by atoms with Crippen LogP contribution < -0.4 is 11.1 Å². The van der Waals surface area contributed by atoms with Gasteiger partial charge in [0.1, 0.15) is 0 Å². The number of aliphatic hydroxyl groups is 1. The van der Waals surface area contributed by atoms with Gasteiger partial charge in [-0.25, -0.2) is 0 Å². The van der Waals surface area contributed by atoms with Crippen molar-refractivity contribution in [1.29, 1.82) is 0 Å². The smallest absolute Gasteiger partial charge is 0.305 e. The first-order valence-electron chi connectivity index (χ1n) is 3.93. The van der Waals surface area contributed by atoms with Gasteiger partial charge in [-0.15, -0.1) is 0 Å². The lowest BCUT2D eigenvalue weighted by molar-refractivity contribution is -0.136. The van der Waals surface area contributed by atoms with E-state index in [0.29, 0.717) is 0 Å². The summed E-state index contributed by atoms with van der Waals surface area (Å²) in [5, 5.41) is 19.5. The van der Waals surface area contributed by atoms with Crippen LogP contribution in [0, 0.1) is 0 Å². The number of aliphatic carboxylic acids is 1. The average molecular weight is 190 g/mol. The van der Waals surface area contributed by atoms with Crippen LogP contribution in [0.25, 0.3) is 0 Å². The van der Waals surface area contributed by atoms with Crippen molar-refractivity contribution in [3.8, 4) is 0 Å². The molecule has 0 aromatic carbocycles. The summed E-state index contributed by atoms with van der Waals surface area (Å²) < 4.78 is 0. The molecule has 0 aromatic heterocycles. The van der Waals surface area contributed by atoms with Gasteiger partial charge in [-0.05, 0) is 0 Å². The quantitative estimate of drug-likeness (QED) is 0.398. The van der Waals surface area contributed by atoms with Crippen molar-refractivity contribution in [3.63, 3.8) is 0 Å². The number of carboxylic acid groups (broad SMARTS) is 1. The van der Waals surface area contributed by atoms with Gasteiger partial charge in [0.15, 0.2) is 0 Å². The second kappa shape index (κ2) is 6.38. The SMILES string of the molecule is NC[C@@H](O)CC(=O)NCCC(=O)O. The van der Waals surface area contributed by atoms with Crippen LogP contribution in [0.2, 0.25) is 0 Å². The van der Waals surface area contributed by atoms with Crippen molar-refractivity contribution in [1.82, 2.24) is 5.32 Å². The Morgan fingerprint density at radius 2 is 2.08 bits per heavy atom. The predicted octanol–water partition coefficient (Wildman–Crippen LogP) is -1.71. The molecule has 0 saturated heterocycles. The lowest BCUT2D eigenvalue weighted by atomic mass is 10.2. The average Bonchev–Trinajstić information content (AvgIpc) is 2.03. The maximum atomic E-state index is 10.9. The van der Waals surface area contributed by atoms with Crippen LogP contribution in [0.5, 0.6) is 0 Å². The van der Waals surface area contributed by atoms with Crippen LogP contribution in [0.4, 0.5) is 0 Å². The van der Waals surface area contributed by atoms with E-state index >= 15 is 0 Å². The Bertz CT molecular complexity index is 183. The highest BCUT2D eigenvalue weighted by Gasteiger charge is 2.08. The number of carbonyl (C=O) groups is 2. The number of carboxylic acids is 1. The summed E-state index contributed by atoms with van der Waals surface area (Å²) in [6.07, 6.45) is -1.06. The minimum atomic E-state index is -0.973. The van der Waals surface area contributed by atoms with E-state index in [2.05, 4.69) is 5.32 Å². The molecule has 0 radical (unpaired) electrons. The van der Waals surface area contributed by atoms with Crippen molar-refractivity contribution in [2.75, 3.05) is 13.1 Å². The molecular weight excluding hydrogens is 176 g/mol. The zero-order valence-corrected chi connectivity index (χ0v) is 7.19. The van der Waals surface area contributed by atoms with Crippen molar-refractivity contribution in [2.24, 2.45) is 5.73 Å². The van der Waals surface area contributed by atoms with E-state index in [-0.39, 0.29) is 31.8 Å². The molecule has 0 aliphatic carbocycles. The van der Waals surface area contributed by atoms with Crippen LogP contribution in [0.1, 0.15) is 12.8 Å². The van der Waals surface area contributed by atoms with Gasteiger partial charge in [0, 0.05) is 13.1 Å². The third kappa shape index (κ3) is 7.23. The molecule has 0 bridgehead atoms. The lowest BCUT2D eigenvalue weighted by Crippen LogP contribution is -2.32. The van der Waals surface area contributed by atoms with Crippen molar-refractivity contribution in [3.05, 3.63) is 0 Å². The van der Waals surface area contributed by atoms with E-state index in [0.717, 1.165) is 0 Å². The molecule has 0 unspecified atom stereocenters. The zero-order valence-electron chi connectivity index (χ0n) is 7.19. The van der Waals surface area contributed by atoms with Crippen LogP contribution in [-0.4, -0.2) is 41.3 Å². The number of hydrogen-bond acceptors (Lipinski definition) is 4. The molecular formula is C7H14N2O4. The van der Waals surface area contributed by atoms with E-state index in [1.54, 1.807) is 0 Å². The van der Waals surface area contributed by atoms with Gasteiger partial charge in [0.2, 0.25) is 5.91 Å². The fourth-order valence-corrected chi connectivity index (χ4v) is 0.678. The van der Waals surface area contributed by atoms with E-state index in [9.17, 15) is 9.59 Å². The molecule has 0 heterocycles. The Kier molecular flexibility index (Phi) is 5.82. The maximum Gasteiger partial charge on any atom is 0.305 e. The Labute approximate surface area is 75.7 Å². The molecule has 0 aromatic rings. The van der Waals surface area contributed by atoms with Crippen molar-refractivity contribution in [2.45, 2.75) is 18.9 Å². The second-order valence-electron chi connectivity index (χ2n) is 2.59. The van der Waals surface area contributed by atoms with Crippen LogP contribution >= 0.6 is 0 Å². The number of hydrogen-bond donors (Lipinski definition) is 4. The summed E-state index contributed by atoms with van der Waals surface area (Å²) >= 11 is 0. The number of carbonyl (C=O) groups excluding carboxylic acids is 1. The van der Waals surface area contributed by atoms with Gasteiger partial charge in [-0.1, -0.05) is 0 Å². The number of nitrogens with one attached hydrogen (secondary N) is 1. The van der Waals surface area contributed by atoms with Crippen molar-refractivity contribution >= 4 is 11.9 Å². The fourth-order valence-electron chi connectivity index (χ4n) is 0.678. The topological polar surface area (TPSA) is 113 Å². The maximum absolute atomic E-state index is 10.9. The zero-order chi connectivity index (χ0) is 10.3. The molecule has 0 spiro atoms. The first kappa shape index (κ1) is 11.9.